The number of benzene rings is 1. The van der Waals surface area contributed by atoms with Crippen molar-refractivity contribution in [2.24, 2.45) is 0 Å². The number of carbonyl (C=O) groups excluding carboxylic acids is 1. The second kappa shape index (κ2) is 8.33. The van der Waals surface area contributed by atoms with Crippen molar-refractivity contribution in [1.82, 2.24) is 15.2 Å². The van der Waals surface area contributed by atoms with Crippen molar-refractivity contribution in [3.05, 3.63) is 82.3 Å². The summed E-state index contributed by atoms with van der Waals surface area (Å²) in [5.74, 6) is 0.0833. The number of hydrogen-bond donors (Lipinski definition) is 2. The van der Waals surface area contributed by atoms with E-state index < -0.39 is 0 Å². The average molecular weight is 379 g/mol. The van der Waals surface area contributed by atoms with E-state index in [1.54, 1.807) is 23.7 Å². The van der Waals surface area contributed by atoms with Gasteiger partial charge in [-0.1, -0.05) is 0 Å². The number of nitrogens with zero attached hydrogens (tertiary/aromatic N) is 2. The van der Waals surface area contributed by atoms with Crippen molar-refractivity contribution in [2.45, 2.75) is 12.6 Å². The Kier molecular flexibility index (Phi) is 5.46. The van der Waals surface area contributed by atoms with Crippen LogP contribution < -0.4 is 10.6 Å². The number of rotatable bonds is 5. The van der Waals surface area contributed by atoms with Gasteiger partial charge in [0.25, 0.3) is 5.91 Å². The Morgan fingerprint density at radius 3 is 2.74 bits per heavy atom. The summed E-state index contributed by atoms with van der Waals surface area (Å²) >= 11 is 1.70. The Morgan fingerprint density at radius 1 is 1.19 bits per heavy atom. The topological polar surface area (TPSA) is 57.3 Å². The Labute approximate surface area is 163 Å². The minimum atomic E-state index is 0.0833. The zero-order chi connectivity index (χ0) is 18.5. The number of aromatic nitrogens is 1. The molecule has 0 aliphatic carbocycles. The van der Waals surface area contributed by atoms with Gasteiger partial charge < -0.3 is 15.5 Å². The molecule has 138 valence electrons. The summed E-state index contributed by atoms with van der Waals surface area (Å²) in [6.07, 6.45) is 3.58. The molecule has 4 rings (SSSR count). The van der Waals surface area contributed by atoms with Crippen LogP contribution >= 0.6 is 11.3 Å². The van der Waals surface area contributed by atoms with Crippen LogP contribution in [0.2, 0.25) is 0 Å². The lowest BCUT2D eigenvalue weighted by Gasteiger charge is -2.34. The summed E-state index contributed by atoms with van der Waals surface area (Å²) in [4.78, 5) is 18.9. The fourth-order valence-corrected chi connectivity index (χ4v) is 3.93. The summed E-state index contributed by atoms with van der Waals surface area (Å²) in [6, 6.07) is 14.0. The first-order valence-electron chi connectivity index (χ1n) is 9.07. The molecular weight excluding hydrogens is 356 g/mol. The van der Waals surface area contributed by atoms with Crippen molar-refractivity contribution in [1.29, 1.82) is 0 Å². The highest BCUT2D eigenvalue weighted by Crippen LogP contribution is 2.19. The molecule has 0 radical (unpaired) electrons. The lowest BCUT2D eigenvalue weighted by Crippen LogP contribution is -2.48. The van der Waals surface area contributed by atoms with E-state index in [1.165, 1.54) is 5.56 Å². The van der Waals surface area contributed by atoms with Gasteiger partial charge in [0.2, 0.25) is 0 Å². The molecule has 1 fully saturated rings. The third-order valence-electron chi connectivity index (χ3n) is 4.78. The number of amides is 1. The normalized spacial score (nSPS) is 16.9. The van der Waals surface area contributed by atoms with E-state index in [4.69, 9.17) is 0 Å². The Hall–Kier alpha value is -2.70. The zero-order valence-electron chi connectivity index (χ0n) is 15.0. The molecule has 1 amide bonds. The summed E-state index contributed by atoms with van der Waals surface area (Å²) in [5.41, 5.74) is 4.18. The van der Waals surface area contributed by atoms with Crippen molar-refractivity contribution in [3.63, 3.8) is 0 Å². The number of hydrogen-bond acceptors (Lipinski definition) is 5. The summed E-state index contributed by atoms with van der Waals surface area (Å²) in [7, 11) is 0. The monoisotopic (exact) mass is 378 g/mol. The second-order valence-electron chi connectivity index (χ2n) is 6.60. The standard InChI is InChI=1S/C21H22N4OS/c26-21(25-11-10-23-20(14-25)17-5-8-22-9-6-17)18-1-3-19(4-2-18)24-13-16-7-12-27-15-16/h1-9,12,15,20,23-24H,10-11,13-14H2. The van der Waals surface area contributed by atoms with E-state index in [0.29, 0.717) is 6.54 Å². The number of pyridine rings is 1. The zero-order valence-corrected chi connectivity index (χ0v) is 15.8. The molecule has 1 saturated heterocycles. The van der Waals surface area contributed by atoms with Crippen LogP contribution in [0, 0.1) is 0 Å². The van der Waals surface area contributed by atoms with E-state index in [0.717, 1.165) is 36.4 Å². The second-order valence-corrected chi connectivity index (χ2v) is 7.38. The molecule has 1 aromatic carbocycles. The quantitative estimate of drug-likeness (QED) is 0.713. The summed E-state index contributed by atoms with van der Waals surface area (Å²) in [6.45, 7) is 2.97. The number of anilines is 1. The van der Waals surface area contributed by atoms with Gasteiger partial charge in [-0.2, -0.15) is 11.3 Å². The minimum absolute atomic E-state index is 0.0833. The van der Waals surface area contributed by atoms with E-state index in [2.05, 4.69) is 32.4 Å². The number of nitrogens with one attached hydrogen (secondary N) is 2. The lowest BCUT2D eigenvalue weighted by atomic mass is 10.0. The van der Waals surface area contributed by atoms with Gasteiger partial charge in [-0.25, -0.2) is 0 Å². The third kappa shape index (κ3) is 4.35. The Bertz CT molecular complexity index is 865. The molecule has 2 aromatic heterocycles. The molecule has 27 heavy (non-hydrogen) atoms. The molecule has 1 unspecified atom stereocenters. The summed E-state index contributed by atoms with van der Waals surface area (Å²) in [5, 5.41) is 11.1. The van der Waals surface area contributed by atoms with Crippen LogP contribution in [0.4, 0.5) is 5.69 Å². The van der Waals surface area contributed by atoms with Crippen LogP contribution in [0.25, 0.3) is 0 Å². The van der Waals surface area contributed by atoms with Crippen molar-refractivity contribution in [3.8, 4) is 0 Å². The predicted molar refractivity (Wildman–Crippen MR) is 109 cm³/mol. The molecule has 0 bridgehead atoms. The first-order chi connectivity index (χ1) is 13.3. The highest BCUT2D eigenvalue weighted by Gasteiger charge is 2.25. The highest BCUT2D eigenvalue weighted by atomic mass is 32.1. The largest absolute Gasteiger partial charge is 0.381 e. The molecule has 1 aliphatic heterocycles. The van der Waals surface area contributed by atoms with Gasteiger partial charge in [0.05, 0.1) is 6.04 Å². The van der Waals surface area contributed by atoms with Crippen LogP contribution in [-0.2, 0) is 6.54 Å². The van der Waals surface area contributed by atoms with Crippen LogP contribution in [0.3, 0.4) is 0 Å². The first-order valence-corrected chi connectivity index (χ1v) is 10.0. The van der Waals surface area contributed by atoms with Crippen molar-refractivity contribution >= 4 is 22.9 Å². The maximum Gasteiger partial charge on any atom is 0.253 e. The van der Waals surface area contributed by atoms with E-state index in [9.17, 15) is 4.79 Å². The van der Waals surface area contributed by atoms with Crippen LogP contribution in [-0.4, -0.2) is 35.4 Å². The third-order valence-corrected chi connectivity index (χ3v) is 5.51. The van der Waals surface area contributed by atoms with E-state index >= 15 is 0 Å². The molecule has 0 spiro atoms. The minimum Gasteiger partial charge on any atom is -0.381 e. The van der Waals surface area contributed by atoms with Gasteiger partial charge in [-0.3, -0.25) is 9.78 Å². The lowest BCUT2D eigenvalue weighted by molar-refractivity contribution is 0.0703. The van der Waals surface area contributed by atoms with Crippen LogP contribution in [0.15, 0.2) is 65.6 Å². The van der Waals surface area contributed by atoms with Gasteiger partial charge >= 0.3 is 0 Å². The molecule has 0 saturated carbocycles. The first kappa shape index (κ1) is 17.7. The number of carbonyl (C=O) groups is 1. The van der Waals surface area contributed by atoms with Gasteiger partial charge in [0, 0.05) is 49.8 Å². The molecule has 1 atom stereocenters. The average Bonchev–Trinajstić information content (AvgIpc) is 3.27. The molecule has 5 nitrogen and oxygen atoms in total. The fourth-order valence-electron chi connectivity index (χ4n) is 3.26. The fraction of sp³-hybridized carbons (Fsp3) is 0.238. The van der Waals surface area contributed by atoms with Crippen LogP contribution in [0.5, 0.6) is 0 Å². The van der Waals surface area contributed by atoms with Crippen molar-refractivity contribution in [2.75, 3.05) is 25.0 Å². The van der Waals surface area contributed by atoms with Crippen molar-refractivity contribution < 1.29 is 4.79 Å². The molecule has 3 aromatic rings. The Morgan fingerprint density at radius 2 is 2.00 bits per heavy atom. The smallest absolute Gasteiger partial charge is 0.253 e. The van der Waals surface area contributed by atoms with Gasteiger partial charge in [0.1, 0.15) is 0 Å². The van der Waals surface area contributed by atoms with E-state index in [-0.39, 0.29) is 11.9 Å². The predicted octanol–water partition coefficient (Wildman–Crippen LogP) is 3.54. The SMILES string of the molecule is O=C(c1ccc(NCc2ccsc2)cc1)N1CCNC(c2ccncc2)C1. The van der Waals surface area contributed by atoms with Gasteiger partial charge in [0.15, 0.2) is 0 Å². The highest BCUT2D eigenvalue weighted by molar-refractivity contribution is 7.07. The molecule has 3 heterocycles. The maximum absolute atomic E-state index is 12.9. The van der Waals surface area contributed by atoms with Gasteiger partial charge in [-0.05, 0) is 64.4 Å². The maximum atomic E-state index is 12.9. The number of piperazine rings is 1. The number of thiophene rings is 1. The molecular formula is C21H22N4OS. The van der Waals surface area contributed by atoms with E-state index in [1.807, 2.05) is 41.3 Å². The molecule has 2 N–H and O–H groups in total. The Balaban J connectivity index is 1.38. The van der Waals surface area contributed by atoms with Crippen LogP contribution in [0.1, 0.15) is 27.5 Å². The van der Waals surface area contributed by atoms with Gasteiger partial charge in [-0.15, -0.1) is 0 Å². The summed E-state index contributed by atoms with van der Waals surface area (Å²) < 4.78 is 0. The molecule has 6 heteroatoms. The molecule has 1 aliphatic rings.